The third-order valence-corrected chi connectivity index (χ3v) is 7.44. The third kappa shape index (κ3) is 4.78. The Balaban J connectivity index is 1.55. The molecule has 182 valence electrons. The van der Waals surface area contributed by atoms with Gasteiger partial charge in [0.05, 0.1) is 17.6 Å². The van der Waals surface area contributed by atoms with Gasteiger partial charge in [-0.25, -0.2) is 4.68 Å². The first-order valence-electron chi connectivity index (χ1n) is 12.7. The number of tetrazole rings is 1. The van der Waals surface area contributed by atoms with Crippen molar-refractivity contribution < 1.29 is 0 Å². The summed E-state index contributed by atoms with van der Waals surface area (Å²) in [6, 6.07) is 17.0. The van der Waals surface area contributed by atoms with Crippen LogP contribution >= 0.6 is 0 Å². The number of aromatic nitrogens is 5. The van der Waals surface area contributed by atoms with Crippen LogP contribution in [0, 0.1) is 13.8 Å². The summed E-state index contributed by atoms with van der Waals surface area (Å²) in [5, 5.41) is 14.1. The molecule has 2 heterocycles. The highest BCUT2D eigenvalue weighted by atomic mass is 16.1. The zero-order valence-corrected chi connectivity index (χ0v) is 20.9. The summed E-state index contributed by atoms with van der Waals surface area (Å²) in [6.45, 7) is 7.53. The molecule has 7 heteroatoms. The van der Waals surface area contributed by atoms with Gasteiger partial charge in [0.25, 0.3) is 5.56 Å². The van der Waals surface area contributed by atoms with Crippen molar-refractivity contribution in [3.63, 3.8) is 0 Å². The van der Waals surface area contributed by atoms with E-state index in [0.29, 0.717) is 19.1 Å². The van der Waals surface area contributed by atoms with E-state index in [2.05, 4.69) is 86.4 Å². The molecule has 0 unspecified atom stereocenters. The molecule has 0 bridgehead atoms. The molecule has 1 aliphatic rings. The van der Waals surface area contributed by atoms with Crippen molar-refractivity contribution in [1.29, 1.82) is 0 Å². The normalized spacial score (nSPS) is 15.3. The quantitative estimate of drug-likeness (QED) is 0.373. The summed E-state index contributed by atoms with van der Waals surface area (Å²) in [5.41, 5.74) is 5.10. The number of nitrogens with one attached hydrogen (secondary N) is 1. The lowest BCUT2D eigenvalue weighted by molar-refractivity contribution is 0.158. The Morgan fingerprint density at radius 1 is 1.06 bits per heavy atom. The molecule has 0 spiro atoms. The van der Waals surface area contributed by atoms with Crippen molar-refractivity contribution in [3.05, 3.63) is 87.0 Å². The fourth-order valence-corrected chi connectivity index (χ4v) is 5.48. The fraction of sp³-hybridized carbons (Fsp3) is 0.429. The van der Waals surface area contributed by atoms with E-state index in [0.717, 1.165) is 52.7 Å². The van der Waals surface area contributed by atoms with Gasteiger partial charge in [0.15, 0.2) is 5.82 Å². The number of fused-ring (bicyclic) bond motifs is 1. The molecule has 1 fully saturated rings. The first-order chi connectivity index (χ1) is 17.0. The average Bonchev–Trinajstić information content (AvgIpc) is 3.56. The monoisotopic (exact) mass is 470 g/mol. The lowest BCUT2D eigenvalue weighted by Crippen LogP contribution is -2.32. The molecule has 0 saturated heterocycles. The second-order valence-corrected chi connectivity index (χ2v) is 9.85. The highest BCUT2D eigenvalue weighted by molar-refractivity contribution is 5.85. The second kappa shape index (κ2) is 10.1. The van der Waals surface area contributed by atoms with Crippen LogP contribution in [0.2, 0.25) is 0 Å². The van der Waals surface area contributed by atoms with Crippen LogP contribution in [0.3, 0.4) is 0 Å². The second-order valence-electron chi connectivity index (χ2n) is 9.85. The van der Waals surface area contributed by atoms with E-state index in [-0.39, 0.29) is 11.6 Å². The van der Waals surface area contributed by atoms with Crippen LogP contribution < -0.4 is 5.56 Å². The molecule has 1 aliphatic carbocycles. The predicted octanol–water partition coefficient (Wildman–Crippen LogP) is 5.40. The van der Waals surface area contributed by atoms with Gasteiger partial charge in [-0.1, -0.05) is 62.2 Å². The summed E-state index contributed by atoms with van der Waals surface area (Å²) >= 11 is 0. The third-order valence-electron chi connectivity index (χ3n) is 7.44. The summed E-state index contributed by atoms with van der Waals surface area (Å²) in [6.07, 6.45) is 5.54. The van der Waals surface area contributed by atoms with Crippen LogP contribution in [0.25, 0.3) is 10.9 Å². The highest BCUT2D eigenvalue weighted by Crippen LogP contribution is 2.33. The van der Waals surface area contributed by atoms with Crippen LogP contribution in [0.5, 0.6) is 0 Å². The van der Waals surface area contributed by atoms with Crippen LogP contribution in [-0.4, -0.2) is 30.1 Å². The maximum atomic E-state index is 13.2. The molecular formula is C28H34N6O. The Labute approximate surface area is 206 Å². The first-order valence-corrected chi connectivity index (χ1v) is 12.7. The largest absolute Gasteiger partial charge is 0.321 e. The minimum absolute atomic E-state index is 0.000454. The van der Waals surface area contributed by atoms with Gasteiger partial charge >= 0.3 is 0 Å². The summed E-state index contributed by atoms with van der Waals surface area (Å²) in [4.78, 5) is 18.7. The molecule has 0 amide bonds. The fourth-order valence-electron chi connectivity index (χ4n) is 5.48. The Kier molecular flexibility index (Phi) is 6.77. The molecule has 35 heavy (non-hydrogen) atoms. The molecule has 1 saturated carbocycles. The number of nitrogens with zero attached hydrogens (tertiary/aromatic N) is 5. The van der Waals surface area contributed by atoms with E-state index in [1.807, 2.05) is 13.0 Å². The number of pyridine rings is 1. The summed E-state index contributed by atoms with van der Waals surface area (Å²) < 4.78 is 2.05. The Morgan fingerprint density at radius 2 is 1.80 bits per heavy atom. The van der Waals surface area contributed by atoms with Gasteiger partial charge in [0, 0.05) is 24.0 Å². The van der Waals surface area contributed by atoms with E-state index in [9.17, 15) is 4.79 Å². The standard InChI is InChI=1S/C28H34N6O/c1-4-25(27-30-31-32-34(27)23-12-8-9-13-23)33(17-21-10-6-5-7-11-21)18-22-16-24-19(2)14-15-20(3)26(24)29-28(22)35/h5-7,10-11,14-16,23,25H,4,8-9,12-13,17-18H2,1-3H3,(H,29,35)/t25-/m1/s1. The van der Waals surface area contributed by atoms with Crippen LogP contribution in [0.4, 0.5) is 0 Å². The molecule has 7 nitrogen and oxygen atoms in total. The smallest absolute Gasteiger partial charge is 0.252 e. The Hall–Kier alpha value is -3.32. The highest BCUT2D eigenvalue weighted by Gasteiger charge is 2.29. The van der Waals surface area contributed by atoms with E-state index in [1.54, 1.807) is 0 Å². The number of hydrogen-bond acceptors (Lipinski definition) is 5. The molecule has 4 aromatic rings. The Morgan fingerprint density at radius 3 is 2.54 bits per heavy atom. The lowest BCUT2D eigenvalue weighted by atomic mass is 10.0. The van der Waals surface area contributed by atoms with E-state index < -0.39 is 0 Å². The van der Waals surface area contributed by atoms with Gasteiger partial charge in [-0.05, 0) is 66.3 Å². The van der Waals surface area contributed by atoms with Crippen molar-refractivity contribution in [2.45, 2.75) is 78.0 Å². The maximum absolute atomic E-state index is 13.2. The van der Waals surface area contributed by atoms with E-state index in [4.69, 9.17) is 0 Å². The minimum atomic E-state index is -0.0329. The van der Waals surface area contributed by atoms with Crippen molar-refractivity contribution >= 4 is 10.9 Å². The van der Waals surface area contributed by atoms with Crippen LogP contribution in [-0.2, 0) is 13.1 Å². The van der Waals surface area contributed by atoms with Gasteiger partial charge in [0.2, 0.25) is 0 Å². The zero-order valence-electron chi connectivity index (χ0n) is 20.9. The number of aryl methyl sites for hydroxylation is 2. The van der Waals surface area contributed by atoms with E-state index in [1.165, 1.54) is 18.4 Å². The first kappa shape index (κ1) is 23.4. The van der Waals surface area contributed by atoms with Crippen LogP contribution in [0.1, 0.15) is 79.2 Å². The van der Waals surface area contributed by atoms with Gasteiger partial charge in [-0.15, -0.1) is 5.10 Å². The predicted molar refractivity (Wildman–Crippen MR) is 138 cm³/mol. The number of benzene rings is 2. The SMILES string of the molecule is CC[C@H](c1nnnn1C1CCCC1)N(Cc1ccccc1)Cc1cc2c(C)ccc(C)c2[nH]c1=O. The van der Waals surface area contributed by atoms with Gasteiger partial charge in [0.1, 0.15) is 0 Å². The van der Waals surface area contributed by atoms with E-state index >= 15 is 0 Å². The van der Waals surface area contributed by atoms with Gasteiger partial charge in [-0.3, -0.25) is 9.69 Å². The molecule has 0 aliphatic heterocycles. The zero-order chi connectivity index (χ0) is 24.4. The van der Waals surface area contributed by atoms with Crippen molar-refractivity contribution in [2.24, 2.45) is 0 Å². The van der Waals surface area contributed by atoms with Crippen molar-refractivity contribution in [1.82, 2.24) is 30.1 Å². The molecular weight excluding hydrogens is 436 g/mol. The minimum Gasteiger partial charge on any atom is -0.321 e. The van der Waals surface area contributed by atoms with Crippen molar-refractivity contribution in [3.8, 4) is 0 Å². The summed E-state index contributed by atoms with van der Waals surface area (Å²) in [5.74, 6) is 0.902. The number of rotatable bonds is 8. The molecule has 1 N–H and O–H groups in total. The lowest BCUT2D eigenvalue weighted by Gasteiger charge is -2.31. The Bertz CT molecular complexity index is 1350. The average molecular weight is 471 g/mol. The van der Waals surface area contributed by atoms with Gasteiger partial charge in [-0.2, -0.15) is 0 Å². The molecule has 2 aromatic heterocycles. The number of hydrogen-bond donors (Lipinski definition) is 1. The maximum Gasteiger partial charge on any atom is 0.252 e. The van der Waals surface area contributed by atoms with Crippen molar-refractivity contribution in [2.75, 3.05) is 0 Å². The number of H-pyrrole nitrogens is 1. The van der Waals surface area contributed by atoms with Crippen LogP contribution in [0.15, 0.2) is 53.3 Å². The summed E-state index contributed by atoms with van der Waals surface area (Å²) in [7, 11) is 0. The molecule has 2 aromatic carbocycles. The topological polar surface area (TPSA) is 79.7 Å². The molecule has 5 rings (SSSR count). The number of aromatic amines is 1. The molecule has 1 atom stereocenters. The molecule has 0 radical (unpaired) electrons. The van der Waals surface area contributed by atoms with Gasteiger partial charge < -0.3 is 4.98 Å².